The van der Waals surface area contributed by atoms with Crippen LogP contribution in [0, 0.1) is 11.7 Å². The van der Waals surface area contributed by atoms with Crippen molar-refractivity contribution in [3.8, 4) is 11.6 Å². The second-order valence-electron chi connectivity index (χ2n) is 10.2. The number of halogens is 1. The highest BCUT2D eigenvalue weighted by molar-refractivity contribution is 5.94. The van der Waals surface area contributed by atoms with Gasteiger partial charge in [0.15, 0.2) is 18.2 Å². The van der Waals surface area contributed by atoms with E-state index in [0.29, 0.717) is 57.9 Å². The minimum Gasteiger partial charge on any atom is -0.492 e. The van der Waals surface area contributed by atoms with Gasteiger partial charge >= 0.3 is 12.2 Å². The van der Waals surface area contributed by atoms with Crippen molar-refractivity contribution in [1.82, 2.24) is 20.2 Å². The average molecular weight is 603 g/mol. The van der Waals surface area contributed by atoms with E-state index in [0.717, 1.165) is 17.5 Å². The Labute approximate surface area is 245 Å². The molecule has 3 amide bonds. The highest BCUT2D eigenvalue weighted by atomic mass is 19.1. The van der Waals surface area contributed by atoms with Gasteiger partial charge in [-0.15, -0.1) is 0 Å². The zero-order valence-electron chi connectivity index (χ0n) is 23.1. The molecule has 1 aromatic heterocycles. The number of nitrogens with one attached hydrogen (secondary N) is 2. The summed E-state index contributed by atoms with van der Waals surface area (Å²) >= 11 is 0. The van der Waals surface area contributed by atoms with Gasteiger partial charge in [-0.05, 0) is 55.5 Å². The summed E-state index contributed by atoms with van der Waals surface area (Å²) in [5.41, 5.74) is 1.66. The predicted molar refractivity (Wildman–Crippen MR) is 146 cm³/mol. The monoisotopic (exact) mass is 602 g/mol. The van der Waals surface area contributed by atoms with E-state index in [4.69, 9.17) is 28.8 Å². The minimum atomic E-state index is -0.526. The van der Waals surface area contributed by atoms with Crippen LogP contribution in [0.3, 0.4) is 0 Å². The molecule has 16 heteroatoms. The molecule has 230 valence electrons. The van der Waals surface area contributed by atoms with Crippen LogP contribution in [0.5, 0.6) is 11.6 Å². The molecular weight excluding hydrogens is 571 g/mol. The lowest BCUT2D eigenvalue weighted by molar-refractivity contribution is -0.123. The van der Waals surface area contributed by atoms with E-state index >= 15 is 0 Å². The van der Waals surface area contributed by atoms with Crippen LogP contribution in [0.15, 0.2) is 18.3 Å². The fraction of sp³-hybridized carbons (Fsp3) is 0.481. The smallest absolute Gasteiger partial charge is 0.415 e. The molecule has 2 saturated heterocycles. The minimum absolute atomic E-state index is 0.126. The summed E-state index contributed by atoms with van der Waals surface area (Å²) in [6.45, 7) is 2.84. The van der Waals surface area contributed by atoms with E-state index in [2.05, 4.69) is 20.6 Å². The Bertz CT molecular complexity index is 1380. The number of fused-ring (bicyclic) bond motifs is 2. The zero-order chi connectivity index (χ0) is 30.3. The first kappa shape index (κ1) is 29.8. The van der Waals surface area contributed by atoms with Crippen LogP contribution in [0.1, 0.15) is 17.5 Å². The fourth-order valence-corrected chi connectivity index (χ4v) is 5.29. The molecule has 1 aromatic carbocycles. The molecule has 4 heterocycles. The largest absolute Gasteiger partial charge is 0.492 e. The Hall–Kier alpha value is -4.73. The SMILES string of the molecule is O=C1COc2ncc(N3CC(CCNCC4Cc5cc(OCCN6CCOC6=O)cc(F)c5C4)OC3=O)nc2N1.O=CO. The van der Waals surface area contributed by atoms with Gasteiger partial charge in [0.05, 0.1) is 25.8 Å². The lowest BCUT2D eigenvalue weighted by atomic mass is 10.1. The number of anilines is 2. The van der Waals surface area contributed by atoms with Crippen molar-refractivity contribution >= 4 is 36.2 Å². The first-order valence-electron chi connectivity index (χ1n) is 13.8. The van der Waals surface area contributed by atoms with E-state index < -0.39 is 6.09 Å². The van der Waals surface area contributed by atoms with Gasteiger partial charge in [-0.2, -0.15) is 0 Å². The summed E-state index contributed by atoms with van der Waals surface area (Å²) in [7, 11) is 0. The number of benzene rings is 1. The standard InChI is InChI=1S/C26H29FN6O7.CH2O2/c27-20-10-18(37-5-3-32-4-6-38-25(32)35)9-16-7-15(8-19(16)20)11-28-2-1-17-13-33(26(36)40-17)21-12-29-24-23(30-21)31-22(34)14-39-24;2-1-3/h9-10,12,15,17,28H,1-8,11,13-14H2,(H,30,31,34);1H,(H,2,3). The van der Waals surface area contributed by atoms with Crippen LogP contribution >= 0.6 is 0 Å². The van der Waals surface area contributed by atoms with Gasteiger partial charge in [0.2, 0.25) is 0 Å². The molecule has 2 unspecified atom stereocenters. The number of aromatic nitrogens is 2. The molecule has 0 saturated carbocycles. The van der Waals surface area contributed by atoms with E-state index in [1.54, 1.807) is 4.90 Å². The van der Waals surface area contributed by atoms with Gasteiger partial charge in [-0.25, -0.2) is 23.9 Å². The van der Waals surface area contributed by atoms with Gasteiger partial charge in [0.1, 0.15) is 30.9 Å². The van der Waals surface area contributed by atoms with E-state index in [1.165, 1.54) is 17.2 Å². The third kappa shape index (κ3) is 7.20. The summed E-state index contributed by atoms with van der Waals surface area (Å²) in [5.74, 6) is 0.751. The molecule has 15 nitrogen and oxygen atoms in total. The molecule has 1 aliphatic carbocycles. The lowest BCUT2D eigenvalue weighted by Gasteiger charge is -2.18. The van der Waals surface area contributed by atoms with Gasteiger partial charge in [-0.1, -0.05) is 0 Å². The summed E-state index contributed by atoms with van der Waals surface area (Å²) < 4.78 is 36.1. The quantitative estimate of drug-likeness (QED) is 0.261. The molecule has 2 fully saturated rings. The second kappa shape index (κ2) is 13.5. The number of rotatable bonds is 10. The maximum atomic E-state index is 14.8. The third-order valence-corrected chi connectivity index (χ3v) is 7.29. The van der Waals surface area contributed by atoms with E-state index in [9.17, 15) is 18.8 Å². The molecule has 43 heavy (non-hydrogen) atoms. The second-order valence-corrected chi connectivity index (χ2v) is 10.2. The number of cyclic esters (lactones) is 2. The average Bonchev–Trinajstić information content (AvgIpc) is 3.69. The molecule has 6 rings (SSSR count). The molecule has 4 aliphatic rings. The first-order chi connectivity index (χ1) is 20.8. The first-order valence-corrected chi connectivity index (χ1v) is 13.8. The number of ether oxygens (including phenoxy) is 4. The number of nitrogens with zero attached hydrogens (tertiary/aromatic N) is 4. The fourth-order valence-electron chi connectivity index (χ4n) is 5.29. The normalized spacial score (nSPS) is 20.3. The highest BCUT2D eigenvalue weighted by Crippen LogP contribution is 2.32. The number of carbonyl (C=O) groups excluding carboxylic acids is 3. The van der Waals surface area contributed by atoms with Crippen molar-refractivity contribution < 1.29 is 47.6 Å². The van der Waals surface area contributed by atoms with Crippen LogP contribution in [-0.4, -0.2) is 103 Å². The Kier molecular flexibility index (Phi) is 9.34. The molecule has 0 bridgehead atoms. The lowest BCUT2D eigenvalue weighted by Crippen LogP contribution is -2.30. The Morgan fingerprint density at radius 1 is 1.21 bits per heavy atom. The van der Waals surface area contributed by atoms with Crippen LogP contribution in [0.25, 0.3) is 0 Å². The van der Waals surface area contributed by atoms with Crippen molar-refractivity contribution in [2.45, 2.75) is 25.4 Å². The predicted octanol–water partition coefficient (Wildman–Crippen LogP) is 1.20. The maximum absolute atomic E-state index is 14.8. The molecule has 2 aromatic rings. The number of hydrogen-bond donors (Lipinski definition) is 3. The zero-order valence-corrected chi connectivity index (χ0v) is 23.1. The Morgan fingerprint density at radius 3 is 2.84 bits per heavy atom. The number of carbonyl (C=O) groups is 4. The van der Waals surface area contributed by atoms with E-state index in [1.807, 2.05) is 6.07 Å². The number of carboxylic acid groups (broad SMARTS) is 1. The molecule has 0 radical (unpaired) electrons. The summed E-state index contributed by atoms with van der Waals surface area (Å²) in [6.07, 6.45) is 2.17. The van der Waals surface area contributed by atoms with Gasteiger partial charge < -0.3 is 39.6 Å². The van der Waals surface area contributed by atoms with Crippen molar-refractivity contribution in [1.29, 1.82) is 0 Å². The van der Waals surface area contributed by atoms with Crippen LogP contribution in [0.2, 0.25) is 0 Å². The molecule has 0 spiro atoms. The highest BCUT2D eigenvalue weighted by Gasteiger charge is 2.34. The van der Waals surface area contributed by atoms with Crippen LogP contribution < -0.4 is 25.0 Å². The third-order valence-electron chi connectivity index (χ3n) is 7.29. The van der Waals surface area contributed by atoms with Gasteiger partial charge in [-0.3, -0.25) is 14.5 Å². The molecule has 3 aliphatic heterocycles. The van der Waals surface area contributed by atoms with Gasteiger partial charge in [0, 0.05) is 6.07 Å². The Morgan fingerprint density at radius 2 is 2.05 bits per heavy atom. The van der Waals surface area contributed by atoms with Crippen molar-refractivity contribution in [2.75, 3.05) is 62.8 Å². The molecule has 3 N–H and O–H groups in total. The van der Waals surface area contributed by atoms with Crippen molar-refractivity contribution in [2.24, 2.45) is 5.92 Å². The summed E-state index contributed by atoms with van der Waals surface area (Å²) in [4.78, 5) is 55.2. The number of amides is 3. The molecule has 2 atom stereocenters. The van der Waals surface area contributed by atoms with Crippen LogP contribution in [0.4, 0.5) is 25.6 Å². The van der Waals surface area contributed by atoms with Crippen molar-refractivity contribution in [3.05, 3.63) is 35.3 Å². The number of hydrogen-bond acceptors (Lipinski definition) is 11. The summed E-state index contributed by atoms with van der Waals surface area (Å²) in [5, 5.41) is 12.9. The maximum Gasteiger partial charge on any atom is 0.415 e. The van der Waals surface area contributed by atoms with Crippen LogP contribution in [-0.2, 0) is 31.9 Å². The Balaban J connectivity index is 0.00000118. The van der Waals surface area contributed by atoms with Gasteiger partial charge in [0.25, 0.3) is 18.3 Å². The van der Waals surface area contributed by atoms with Crippen molar-refractivity contribution in [3.63, 3.8) is 0 Å². The topological polar surface area (TPSA) is 182 Å². The molecular formula is C27H31FN6O9. The summed E-state index contributed by atoms with van der Waals surface area (Å²) in [6, 6.07) is 3.29. The van der Waals surface area contributed by atoms with E-state index in [-0.39, 0.29) is 67.0 Å².